The van der Waals surface area contributed by atoms with E-state index in [0.29, 0.717) is 19.5 Å². The van der Waals surface area contributed by atoms with Gasteiger partial charge in [-0.1, -0.05) is 24.3 Å². The van der Waals surface area contributed by atoms with E-state index in [4.69, 9.17) is 0 Å². The number of nitrogens with zero attached hydrogens (tertiary/aromatic N) is 3. The Morgan fingerprint density at radius 3 is 2.90 bits per heavy atom. The van der Waals surface area contributed by atoms with Crippen LogP contribution in [0.15, 0.2) is 54.9 Å². The van der Waals surface area contributed by atoms with Crippen molar-refractivity contribution in [3.05, 3.63) is 60.6 Å². The molecule has 3 rings (SSSR count). The van der Waals surface area contributed by atoms with Crippen LogP contribution in [0.1, 0.15) is 5.69 Å². The van der Waals surface area contributed by atoms with Crippen LogP contribution in [0, 0.1) is 0 Å². The van der Waals surface area contributed by atoms with Crippen LogP contribution in [0.5, 0.6) is 0 Å². The van der Waals surface area contributed by atoms with Gasteiger partial charge in [-0.3, -0.25) is 14.5 Å². The molecular weight excluding hydrogens is 264 g/mol. The van der Waals surface area contributed by atoms with Crippen molar-refractivity contribution in [1.29, 1.82) is 0 Å². The van der Waals surface area contributed by atoms with Crippen molar-refractivity contribution in [3.8, 4) is 0 Å². The first kappa shape index (κ1) is 13.3. The molecule has 1 N–H and O–H groups in total. The average molecular weight is 280 g/mol. The highest BCUT2D eigenvalue weighted by molar-refractivity contribution is 5.81. The number of nitrogens with one attached hydrogen (secondary N) is 1. The third-order valence-electron chi connectivity index (χ3n) is 3.22. The standard InChI is InChI=1S/C16H16N4O/c21-16(17-9-11-20-10-3-8-18-20)12-14-7-6-13-4-1-2-5-15(13)19-14/h1-8,10H,9,11-12H2,(H,17,21). The van der Waals surface area contributed by atoms with Gasteiger partial charge in [-0.25, -0.2) is 0 Å². The maximum atomic E-state index is 11.9. The maximum Gasteiger partial charge on any atom is 0.226 e. The topological polar surface area (TPSA) is 59.8 Å². The van der Waals surface area contributed by atoms with E-state index in [1.165, 1.54) is 0 Å². The minimum absolute atomic E-state index is 0.0232. The zero-order valence-electron chi connectivity index (χ0n) is 11.6. The highest BCUT2D eigenvalue weighted by Crippen LogP contribution is 2.11. The summed E-state index contributed by atoms with van der Waals surface area (Å²) in [6, 6.07) is 13.6. The Kier molecular flexibility index (Phi) is 3.91. The van der Waals surface area contributed by atoms with Gasteiger partial charge in [-0.05, 0) is 18.2 Å². The quantitative estimate of drug-likeness (QED) is 0.775. The van der Waals surface area contributed by atoms with Crippen LogP contribution in [0.2, 0.25) is 0 Å². The number of hydrogen-bond acceptors (Lipinski definition) is 3. The molecule has 0 saturated carbocycles. The molecule has 3 aromatic rings. The number of fused-ring (bicyclic) bond motifs is 1. The van der Waals surface area contributed by atoms with Crippen LogP contribution in [-0.2, 0) is 17.8 Å². The third kappa shape index (κ3) is 3.45. The Bertz CT molecular complexity index is 737. The highest BCUT2D eigenvalue weighted by Gasteiger charge is 2.05. The van der Waals surface area contributed by atoms with Crippen LogP contribution < -0.4 is 5.32 Å². The summed E-state index contributed by atoms with van der Waals surface area (Å²) >= 11 is 0. The monoisotopic (exact) mass is 280 g/mol. The summed E-state index contributed by atoms with van der Waals surface area (Å²) < 4.78 is 1.79. The first-order chi connectivity index (χ1) is 10.3. The van der Waals surface area contributed by atoms with Crippen molar-refractivity contribution in [1.82, 2.24) is 20.1 Å². The van der Waals surface area contributed by atoms with E-state index < -0.39 is 0 Å². The van der Waals surface area contributed by atoms with E-state index in [1.807, 2.05) is 48.7 Å². The molecule has 5 heteroatoms. The first-order valence-electron chi connectivity index (χ1n) is 6.90. The van der Waals surface area contributed by atoms with Gasteiger partial charge in [-0.15, -0.1) is 0 Å². The number of aromatic nitrogens is 3. The summed E-state index contributed by atoms with van der Waals surface area (Å²) in [5, 5.41) is 8.05. The van der Waals surface area contributed by atoms with E-state index >= 15 is 0 Å². The van der Waals surface area contributed by atoms with Crippen molar-refractivity contribution in [2.45, 2.75) is 13.0 Å². The Morgan fingerprint density at radius 2 is 2.05 bits per heavy atom. The summed E-state index contributed by atoms with van der Waals surface area (Å²) in [4.78, 5) is 16.4. The molecule has 0 radical (unpaired) electrons. The fraction of sp³-hybridized carbons (Fsp3) is 0.188. The molecule has 0 unspecified atom stereocenters. The van der Waals surface area contributed by atoms with Crippen LogP contribution in [-0.4, -0.2) is 27.2 Å². The Morgan fingerprint density at radius 1 is 1.14 bits per heavy atom. The second-order valence-corrected chi connectivity index (χ2v) is 4.79. The number of pyridine rings is 1. The number of carbonyl (C=O) groups is 1. The molecule has 0 aliphatic heterocycles. The van der Waals surface area contributed by atoms with Gasteiger partial charge in [-0.2, -0.15) is 5.10 Å². The normalized spacial score (nSPS) is 10.7. The van der Waals surface area contributed by atoms with Gasteiger partial charge in [0.1, 0.15) is 0 Å². The third-order valence-corrected chi connectivity index (χ3v) is 3.22. The molecule has 21 heavy (non-hydrogen) atoms. The largest absolute Gasteiger partial charge is 0.354 e. The minimum Gasteiger partial charge on any atom is -0.354 e. The molecule has 5 nitrogen and oxygen atoms in total. The molecule has 1 amide bonds. The van der Waals surface area contributed by atoms with Gasteiger partial charge >= 0.3 is 0 Å². The van der Waals surface area contributed by atoms with Crippen LogP contribution in [0.4, 0.5) is 0 Å². The lowest BCUT2D eigenvalue weighted by atomic mass is 10.2. The molecule has 2 aromatic heterocycles. The lowest BCUT2D eigenvalue weighted by Crippen LogP contribution is -2.28. The lowest BCUT2D eigenvalue weighted by Gasteiger charge is -2.06. The molecule has 0 saturated heterocycles. The van der Waals surface area contributed by atoms with Gasteiger partial charge in [0.2, 0.25) is 5.91 Å². The molecule has 106 valence electrons. The van der Waals surface area contributed by atoms with Crippen LogP contribution in [0.3, 0.4) is 0 Å². The summed E-state index contributed by atoms with van der Waals surface area (Å²) in [5.41, 5.74) is 1.70. The molecule has 0 spiro atoms. The fourth-order valence-electron chi connectivity index (χ4n) is 2.18. The minimum atomic E-state index is -0.0232. The van der Waals surface area contributed by atoms with Crippen molar-refractivity contribution in [2.75, 3.05) is 6.54 Å². The van der Waals surface area contributed by atoms with Crippen molar-refractivity contribution >= 4 is 16.8 Å². The molecular formula is C16H16N4O. The number of para-hydroxylation sites is 1. The zero-order valence-corrected chi connectivity index (χ0v) is 11.6. The molecule has 0 bridgehead atoms. The van der Waals surface area contributed by atoms with Gasteiger partial charge in [0.05, 0.1) is 24.2 Å². The van der Waals surface area contributed by atoms with E-state index in [9.17, 15) is 4.79 Å². The average Bonchev–Trinajstić information content (AvgIpc) is 3.00. The van der Waals surface area contributed by atoms with Gasteiger partial charge < -0.3 is 5.32 Å². The number of benzene rings is 1. The summed E-state index contributed by atoms with van der Waals surface area (Å²) in [7, 11) is 0. The summed E-state index contributed by atoms with van der Waals surface area (Å²) in [6.07, 6.45) is 3.89. The second kappa shape index (κ2) is 6.17. The van der Waals surface area contributed by atoms with Crippen molar-refractivity contribution < 1.29 is 4.79 Å². The maximum absolute atomic E-state index is 11.9. The second-order valence-electron chi connectivity index (χ2n) is 4.79. The Hall–Kier alpha value is -2.69. The van der Waals surface area contributed by atoms with Gasteiger partial charge in [0, 0.05) is 24.3 Å². The van der Waals surface area contributed by atoms with Gasteiger partial charge in [0.15, 0.2) is 0 Å². The lowest BCUT2D eigenvalue weighted by molar-refractivity contribution is -0.120. The highest BCUT2D eigenvalue weighted by atomic mass is 16.1. The van der Waals surface area contributed by atoms with Gasteiger partial charge in [0.25, 0.3) is 0 Å². The Balaban J connectivity index is 1.55. The zero-order chi connectivity index (χ0) is 14.5. The van der Waals surface area contributed by atoms with E-state index in [0.717, 1.165) is 16.6 Å². The number of hydrogen-bond donors (Lipinski definition) is 1. The number of rotatable bonds is 5. The molecule has 0 atom stereocenters. The molecule has 0 aliphatic rings. The molecule has 0 aliphatic carbocycles. The molecule has 0 fully saturated rings. The number of carbonyl (C=O) groups excluding carboxylic acids is 1. The SMILES string of the molecule is O=C(Cc1ccc2ccccc2n1)NCCn1cccn1. The predicted molar refractivity (Wildman–Crippen MR) is 80.7 cm³/mol. The first-order valence-corrected chi connectivity index (χ1v) is 6.90. The van der Waals surface area contributed by atoms with Crippen molar-refractivity contribution in [3.63, 3.8) is 0 Å². The number of amides is 1. The van der Waals surface area contributed by atoms with E-state index in [1.54, 1.807) is 10.9 Å². The molecule has 2 heterocycles. The van der Waals surface area contributed by atoms with Crippen LogP contribution in [0.25, 0.3) is 10.9 Å². The van der Waals surface area contributed by atoms with E-state index in [2.05, 4.69) is 15.4 Å². The predicted octanol–water partition coefficient (Wildman–Crippen LogP) is 1.79. The summed E-state index contributed by atoms with van der Waals surface area (Å²) in [5.74, 6) is -0.0232. The molecule has 1 aromatic carbocycles. The van der Waals surface area contributed by atoms with E-state index in [-0.39, 0.29) is 5.91 Å². The van der Waals surface area contributed by atoms with Crippen molar-refractivity contribution in [2.24, 2.45) is 0 Å². The smallest absolute Gasteiger partial charge is 0.226 e. The fourth-order valence-corrected chi connectivity index (χ4v) is 2.18. The van der Waals surface area contributed by atoms with Crippen LogP contribution >= 0.6 is 0 Å². The summed E-state index contributed by atoms with van der Waals surface area (Å²) in [6.45, 7) is 1.23. The Labute approximate surface area is 122 Å².